The van der Waals surface area contributed by atoms with Crippen molar-refractivity contribution in [2.24, 2.45) is 0 Å². The smallest absolute Gasteiger partial charge is 0.139 e. The first-order valence-corrected chi connectivity index (χ1v) is 7.57. The summed E-state index contributed by atoms with van der Waals surface area (Å²) in [6.45, 7) is -0.156. The molecule has 0 fully saturated rings. The fourth-order valence-corrected chi connectivity index (χ4v) is 2.85. The summed E-state index contributed by atoms with van der Waals surface area (Å²) in [7, 11) is 0. The van der Waals surface area contributed by atoms with Gasteiger partial charge in [0.05, 0.1) is 18.0 Å². The average Bonchev–Trinajstić information content (AvgIpc) is 2.85. The number of halogens is 2. The highest BCUT2D eigenvalue weighted by atomic mass is 79.9. The van der Waals surface area contributed by atoms with E-state index in [-0.39, 0.29) is 6.61 Å². The summed E-state index contributed by atoms with van der Waals surface area (Å²) in [4.78, 5) is 0. The Morgan fingerprint density at radius 3 is 2.52 bits per heavy atom. The lowest BCUT2D eigenvalue weighted by molar-refractivity contribution is 0.282. The van der Waals surface area contributed by atoms with Crippen LogP contribution in [0.4, 0.5) is 0 Å². The third-order valence-electron chi connectivity index (χ3n) is 3.18. The minimum absolute atomic E-state index is 0.156. The van der Waals surface area contributed by atoms with Gasteiger partial charge in [-0.05, 0) is 18.2 Å². The molecule has 1 aromatic heterocycles. The lowest BCUT2D eigenvalue weighted by atomic mass is 10.1. The van der Waals surface area contributed by atoms with Gasteiger partial charge in [-0.15, -0.1) is 0 Å². The molecule has 0 saturated carbocycles. The van der Waals surface area contributed by atoms with Crippen LogP contribution in [-0.4, -0.2) is 14.9 Å². The zero-order valence-corrected chi connectivity index (χ0v) is 13.3. The Morgan fingerprint density at radius 2 is 1.86 bits per heavy atom. The van der Waals surface area contributed by atoms with Crippen molar-refractivity contribution in [1.29, 1.82) is 0 Å². The monoisotopic (exact) mass is 362 g/mol. The molecule has 0 bridgehead atoms. The van der Waals surface area contributed by atoms with E-state index in [4.69, 9.17) is 11.6 Å². The second-order valence-corrected chi connectivity index (χ2v) is 5.81. The molecule has 2 aromatic carbocycles. The summed E-state index contributed by atoms with van der Waals surface area (Å²) in [5.74, 6) is 0. The van der Waals surface area contributed by atoms with Gasteiger partial charge in [0, 0.05) is 15.6 Å². The van der Waals surface area contributed by atoms with Gasteiger partial charge >= 0.3 is 0 Å². The second kappa shape index (κ2) is 6.02. The van der Waals surface area contributed by atoms with Gasteiger partial charge in [-0.1, -0.05) is 63.9 Å². The Kier molecular flexibility index (Phi) is 4.10. The van der Waals surface area contributed by atoms with Gasteiger partial charge in [0.15, 0.2) is 0 Å². The highest BCUT2D eigenvalue weighted by molar-refractivity contribution is 9.10. The lowest BCUT2D eigenvalue weighted by Crippen LogP contribution is -1.96. The van der Waals surface area contributed by atoms with Crippen molar-refractivity contribution < 1.29 is 5.11 Å². The molecule has 106 valence electrons. The molecule has 0 saturated heterocycles. The maximum Gasteiger partial charge on any atom is 0.139 e. The van der Waals surface area contributed by atoms with Crippen LogP contribution in [0.5, 0.6) is 0 Å². The van der Waals surface area contributed by atoms with Crippen molar-refractivity contribution in [3.63, 3.8) is 0 Å². The number of nitrogens with zero attached hydrogens (tertiary/aromatic N) is 2. The van der Waals surface area contributed by atoms with Crippen LogP contribution in [0.25, 0.3) is 16.9 Å². The zero-order chi connectivity index (χ0) is 14.8. The fourth-order valence-electron chi connectivity index (χ4n) is 2.18. The van der Waals surface area contributed by atoms with E-state index in [2.05, 4.69) is 21.0 Å². The zero-order valence-electron chi connectivity index (χ0n) is 11.0. The molecule has 3 aromatic rings. The number of hydrogen-bond donors (Lipinski definition) is 1. The number of hydrogen-bond acceptors (Lipinski definition) is 2. The topological polar surface area (TPSA) is 38.1 Å². The van der Waals surface area contributed by atoms with Crippen molar-refractivity contribution >= 4 is 27.5 Å². The molecule has 0 aliphatic heterocycles. The Bertz CT molecular complexity index is 771. The summed E-state index contributed by atoms with van der Waals surface area (Å²) in [6, 6.07) is 17.4. The van der Waals surface area contributed by atoms with Crippen molar-refractivity contribution in [3.05, 3.63) is 69.8 Å². The van der Waals surface area contributed by atoms with E-state index in [1.54, 1.807) is 4.68 Å². The van der Waals surface area contributed by atoms with E-state index < -0.39 is 0 Å². The van der Waals surface area contributed by atoms with Crippen molar-refractivity contribution in [2.45, 2.75) is 6.61 Å². The van der Waals surface area contributed by atoms with Crippen LogP contribution in [0.1, 0.15) is 5.56 Å². The highest BCUT2D eigenvalue weighted by Crippen LogP contribution is 2.31. The quantitative estimate of drug-likeness (QED) is 0.746. The van der Waals surface area contributed by atoms with Gasteiger partial charge in [0.2, 0.25) is 0 Å². The van der Waals surface area contributed by atoms with Crippen LogP contribution < -0.4 is 0 Å². The summed E-state index contributed by atoms with van der Waals surface area (Å²) in [6.07, 6.45) is 0. The van der Waals surface area contributed by atoms with E-state index >= 15 is 0 Å². The minimum atomic E-state index is -0.156. The summed E-state index contributed by atoms with van der Waals surface area (Å²) < 4.78 is 2.58. The average molecular weight is 364 g/mol. The number of aliphatic hydroxyl groups is 1. The van der Waals surface area contributed by atoms with Crippen molar-refractivity contribution in [1.82, 2.24) is 9.78 Å². The predicted octanol–water partition coefficient (Wildman–Crippen LogP) is 4.45. The largest absolute Gasteiger partial charge is 0.391 e. The van der Waals surface area contributed by atoms with Crippen LogP contribution in [0.2, 0.25) is 5.15 Å². The Labute approximate surface area is 135 Å². The molecular formula is C16H12BrClN2O. The van der Waals surface area contributed by atoms with E-state index in [0.29, 0.717) is 16.4 Å². The molecule has 0 aliphatic carbocycles. The molecular weight excluding hydrogens is 352 g/mol. The minimum Gasteiger partial charge on any atom is -0.391 e. The van der Waals surface area contributed by atoms with Gasteiger partial charge in [0.25, 0.3) is 0 Å². The Balaban J connectivity index is 2.18. The van der Waals surface area contributed by atoms with Crippen molar-refractivity contribution in [2.75, 3.05) is 0 Å². The van der Waals surface area contributed by atoms with Crippen LogP contribution >= 0.6 is 27.5 Å². The molecule has 3 nitrogen and oxygen atoms in total. The molecule has 0 atom stereocenters. The standard InChI is InChI=1S/C16H12BrClN2O/c17-12-7-4-8-13(9-12)20-16(18)14(10-21)15(19-20)11-5-2-1-3-6-11/h1-9,21H,10H2. The van der Waals surface area contributed by atoms with Crippen LogP contribution in [0.15, 0.2) is 59.1 Å². The van der Waals surface area contributed by atoms with Crippen molar-refractivity contribution in [3.8, 4) is 16.9 Å². The first-order valence-electron chi connectivity index (χ1n) is 6.40. The third-order valence-corrected chi connectivity index (χ3v) is 4.06. The first-order chi connectivity index (χ1) is 10.2. The van der Waals surface area contributed by atoms with Gasteiger partial charge in [-0.25, -0.2) is 4.68 Å². The van der Waals surface area contributed by atoms with Gasteiger partial charge in [0.1, 0.15) is 5.15 Å². The molecule has 3 rings (SSSR count). The maximum atomic E-state index is 9.63. The summed E-state index contributed by atoms with van der Waals surface area (Å²) >= 11 is 9.83. The fraction of sp³-hybridized carbons (Fsp3) is 0.0625. The van der Waals surface area contributed by atoms with Crippen LogP contribution in [0, 0.1) is 0 Å². The Hall–Kier alpha value is -1.62. The number of benzene rings is 2. The number of rotatable bonds is 3. The van der Waals surface area contributed by atoms with Gasteiger partial charge in [-0.2, -0.15) is 5.10 Å². The summed E-state index contributed by atoms with van der Waals surface area (Å²) in [5, 5.41) is 14.6. The Morgan fingerprint density at radius 1 is 1.10 bits per heavy atom. The first kappa shape index (κ1) is 14.3. The van der Waals surface area contributed by atoms with E-state index in [0.717, 1.165) is 15.7 Å². The van der Waals surface area contributed by atoms with Crippen LogP contribution in [-0.2, 0) is 6.61 Å². The highest BCUT2D eigenvalue weighted by Gasteiger charge is 2.18. The molecule has 1 N–H and O–H groups in total. The number of aromatic nitrogens is 2. The maximum absolute atomic E-state index is 9.63. The second-order valence-electron chi connectivity index (χ2n) is 4.53. The molecule has 0 radical (unpaired) electrons. The van der Waals surface area contributed by atoms with Gasteiger partial charge < -0.3 is 5.11 Å². The van der Waals surface area contributed by atoms with E-state index in [9.17, 15) is 5.11 Å². The van der Waals surface area contributed by atoms with Gasteiger partial charge in [-0.3, -0.25) is 0 Å². The number of aliphatic hydroxyl groups excluding tert-OH is 1. The van der Waals surface area contributed by atoms with E-state index in [1.807, 2.05) is 54.6 Å². The van der Waals surface area contributed by atoms with E-state index in [1.165, 1.54) is 0 Å². The molecule has 5 heteroatoms. The SMILES string of the molecule is OCc1c(-c2ccccc2)nn(-c2cccc(Br)c2)c1Cl. The molecule has 21 heavy (non-hydrogen) atoms. The lowest BCUT2D eigenvalue weighted by Gasteiger charge is -2.03. The molecule has 0 aliphatic rings. The normalized spacial score (nSPS) is 10.8. The molecule has 0 unspecified atom stereocenters. The molecule has 0 spiro atoms. The third kappa shape index (κ3) is 2.75. The molecule has 1 heterocycles. The molecule has 0 amide bonds. The summed E-state index contributed by atoms with van der Waals surface area (Å²) in [5.41, 5.74) is 3.09. The predicted molar refractivity (Wildman–Crippen MR) is 87.6 cm³/mol. The van der Waals surface area contributed by atoms with Crippen LogP contribution in [0.3, 0.4) is 0 Å².